The molecule has 1 saturated heterocycles. The van der Waals surface area contributed by atoms with Crippen LogP contribution in [0.15, 0.2) is 42.5 Å². The molecule has 3 rings (SSSR count). The van der Waals surface area contributed by atoms with E-state index in [-0.39, 0.29) is 18.1 Å². The summed E-state index contributed by atoms with van der Waals surface area (Å²) in [5.41, 5.74) is -0.000707. The SMILES string of the molecule is Cc1ccc(F)c(NC(=O)CN2CC[C@](C)(O)[C@@H](Oc3cccc(Cl)c3)C2)c1. The van der Waals surface area contributed by atoms with Gasteiger partial charge in [-0.25, -0.2) is 4.39 Å². The van der Waals surface area contributed by atoms with Gasteiger partial charge in [0, 0.05) is 18.1 Å². The van der Waals surface area contributed by atoms with Crippen LogP contribution in [0, 0.1) is 12.7 Å². The van der Waals surface area contributed by atoms with Gasteiger partial charge in [-0.3, -0.25) is 9.69 Å². The molecule has 1 amide bonds. The summed E-state index contributed by atoms with van der Waals surface area (Å²) in [4.78, 5) is 14.3. The molecule has 2 aromatic carbocycles. The highest BCUT2D eigenvalue weighted by molar-refractivity contribution is 6.30. The first-order valence-corrected chi connectivity index (χ1v) is 9.54. The van der Waals surface area contributed by atoms with Crippen LogP contribution in [0.2, 0.25) is 5.02 Å². The summed E-state index contributed by atoms with van der Waals surface area (Å²) in [5.74, 6) is -0.221. The Labute approximate surface area is 169 Å². The number of amides is 1. The minimum atomic E-state index is -1.03. The topological polar surface area (TPSA) is 61.8 Å². The number of piperidine rings is 1. The van der Waals surface area contributed by atoms with Crippen LogP contribution >= 0.6 is 11.6 Å². The zero-order valence-electron chi connectivity index (χ0n) is 15.9. The minimum absolute atomic E-state index is 0.0822. The van der Waals surface area contributed by atoms with Gasteiger partial charge in [0.1, 0.15) is 23.3 Å². The van der Waals surface area contributed by atoms with Gasteiger partial charge in [-0.15, -0.1) is 0 Å². The minimum Gasteiger partial charge on any atom is -0.486 e. The Morgan fingerprint density at radius 2 is 2.18 bits per heavy atom. The number of carbonyl (C=O) groups is 1. The van der Waals surface area contributed by atoms with Crippen LogP contribution in [0.4, 0.5) is 10.1 Å². The second-order valence-corrected chi connectivity index (χ2v) is 7.87. The van der Waals surface area contributed by atoms with Gasteiger partial charge in [0.15, 0.2) is 0 Å². The van der Waals surface area contributed by atoms with E-state index in [0.717, 1.165) is 5.56 Å². The first-order chi connectivity index (χ1) is 13.2. The predicted molar refractivity (Wildman–Crippen MR) is 107 cm³/mol. The summed E-state index contributed by atoms with van der Waals surface area (Å²) in [5, 5.41) is 13.8. The fourth-order valence-corrected chi connectivity index (χ4v) is 3.39. The van der Waals surface area contributed by atoms with Gasteiger partial charge in [0.05, 0.1) is 12.2 Å². The van der Waals surface area contributed by atoms with E-state index in [9.17, 15) is 14.3 Å². The summed E-state index contributed by atoms with van der Waals surface area (Å²) in [6.45, 7) is 4.54. The van der Waals surface area contributed by atoms with E-state index in [2.05, 4.69) is 5.32 Å². The lowest BCUT2D eigenvalue weighted by Gasteiger charge is -2.42. The zero-order valence-corrected chi connectivity index (χ0v) is 16.7. The third kappa shape index (κ3) is 5.22. The number of hydrogen-bond acceptors (Lipinski definition) is 4. The molecule has 1 aliphatic heterocycles. The number of aliphatic hydroxyl groups is 1. The highest BCUT2D eigenvalue weighted by atomic mass is 35.5. The Kier molecular flexibility index (Phi) is 6.23. The van der Waals surface area contributed by atoms with Crippen LogP contribution in [-0.2, 0) is 4.79 Å². The Morgan fingerprint density at radius 1 is 1.39 bits per heavy atom. The van der Waals surface area contributed by atoms with Crippen molar-refractivity contribution < 1.29 is 19.0 Å². The van der Waals surface area contributed by atoms with E-state index in [4.69, 9.17) is 16.3 Å². The van der Waals surface area contributed by atoms with Gasteiger partial charge >= 0.3 is 0 Å². The van der Waals surface area contributed by atoms with Gasteiger partial charge in [-0.1, -0.05) is 23.7 Å². The number of likely N-dealkylation sites (tertiary alicyclic amines) is 1. The molecular weight excluding hydrogens is 383 g/mol. The second kappa shape index (κ2) is 8.47. The van der Waals surface area contributed by atoms with Crippen molar-refractivity contribution in [1.82, 2.24) is 4.90 Å². The fourth-order valence-electron chi connectivity index (χ4n) is 3.21. The summed E-state index contributed by atoms with van der Waals surface area (Å²) in [7, 11) is 0. The van der Waals surface area contributed by atoms with Crippen LogP contribution in [-0.4, -0.2) is 47.3 Å². The number of rotatable bonds is 5. The Bertz CT molecular complexity index is 859. The molecule has 7 heteroatoms. The molecule has 5 nitrogen and oxygen atoms in total. The zero-order chi connectivity index (χ0) is 20.3. The maximum atomic E-state index is 13.9. The van der Waals surface area contributed by atoms with Crippen LogP contribution in [0.5, 0.6) is 5.75 Å². The van der Waals surface area contributed by atoms with Gasteiger partial charge in [-0.2, -0.15) is 0 Å². The number of anilines is 1. The number of benzene rings is 2. The normalized spacial score (nSPS) is 22.7. The van der Waals surface area contributed by atoms with Crippen molar-refractivity contribution in [3.63, 3.8) is 0 Å². The lowest BCUT2D eigenvalue weighted by atomic mass is 9.90. The van der Waals surface area contributed by atoms with E-state index in [1.165, 1.54) is 6.07 Å². The summed E-state index contributed by atoms with van der Waals surface area (Å²) in [6.07, 6.45) is -0.0761. The highest BCUT2D eigenvalue weighted by Crippen LogP contribution is 2.28. The smallest absolute Gasteiger partial charge is 0.238 e. The van der Waals surface area contributed by atoms with Crippen LogP contribution in [0.25, 0.3) is 0 Å². The van der Waals surface area contributed by atoms with E-state index in [0.29, 0.717) is 30.3 Å². The first-order valence-electron chi connectivity index (χ1n) is 9.16. The Hall–Kier alpha value is -2.15. The summed E-state index contributed by atoms with van der Waals surface area (Å²) in [6, 6.07) is 11.6. The maximum absolute atomic E-state index is 13.9. The number of aryl methyl sites for hydroxylation is 1. The third-order valence-corrected chi connectivity index (χ3v) is 5.12. The number of nitrogens with one attached hydrogen (secondary N) is 1. The van der Waals surface area contributed by atoms with Crippen LogP contribution < -0.4 is 10.1 Å². The fraction of sp³-hybridized carbons (Fsp3) is 0.381. The Balaban J connectivity index is 1.63. The number of hydrogen-bond donors (Lipinski definition) is 2. The standard InChI is InChI=1S/C21H24ClFN2O3/c1-14-6-7-17(23)18(10-14)24-20(26)13-25-9-8-21(2,27)19(12-25)28-16-5-3-4-15(22)11-16/h3-7,10-11,19,27H,8-9,12-13H2,1-2H3,(H,24,26)/t19-,21-/m0/s1. The molecule has 0 radical (unpaired) electrons. The van der Waals surface area contributed by atoms with Crippen LogP contribution in [0.1, 0.15) is 18.9 Å². The average Bonchev–Trinajstić information content (AvgIpc) is 2.61. The van der Waals surface area contributed by atoms with Gasteiger partial charge < -0.3 is 15.2 Å². The van der Waals surface area contributed by atoms with Gasteiger partial charge in [0.25, 0.3) is 0 Å². The van der Waals surface area contributed by atoms with Crippen molar-refractivity contribution in [3.05, 3.63) is 58.9 Å². The van der Waals surface area contributed by atoms with Crippen molar-refractivity contribution >= 4 is 23.2 Å². The maximum Gasteiger partial charge on any atom is 0.238 e. The quantitative estimate of drug-likeness (QED) is 0.796. The molecule has 150 valence electrons. The van der Waals surface area contributed by atoms with Crippen molar-refractivity contribution in [2.75, 3.05) is 25.0 Å². The number of halogens is 2. The summed E-state index contributed by atoms with van der Waals surface area (Å²) < 4.78 is 19.8. The van der Waals surface area contributed by atoms with E-state index in [1.54, 1.807) is 43.3 Å². The molecule has 1 aliphatic rings. The summed E-state index contributed by atoms with van der Waals surface area (Å²) >= 11 is 6.00. The first kappa shape index (κ1) is 20.6. The van der Waals surface area contributed by atoms with Crippen molar-refractivity contribution in [2.24, 2.45) is 0 Å². The molecule has 2 aromatic rings. The van der Waals surface area contributed by atoms with E-state index in [1.807, 2.05) is 11.8 Å². The lowest BCUT2D eigenvalue weighted by Crippen LogP contribution is -2.57. The molecule has 0 aliphatic carbocycles. The van der Waals surface area contributed by atoms with E-state index >= 15 is 0 Å². The molecule has 28 heavy (non-hydrogen) atoms. The molecule has 2 atom stereocenters. The lowest BCUT2D eigenvalue weighted by molar-refractivity contribution is -0.122. The molecule has 0 spiro atoms. The number of carbonyl (C=O) groups excluding carboxylic acids is 1. The number of ether oxygens (including phenoxy) is 1. The van der Waals surface area contributed by atoms with E-state index < -0.39 is 17.5 Å². The largest absolute Gasteiger partial charge is 0.486 e. The molecule has 0 bridgehead atoms. The van der Waals surface area contributed by atoms with Gasteiger partial charge in [-0.05, 0) is 56.2 Å². The molecule has 2 N–H and O–H groups in total. The monoisotopic (exact) mass is 406 g/mol. The molecule has 0 aromatic heterocycles. The predicted octanol–water partition coefficient (Wildman–Crippen LogP) is 3.63. The van der Waals surface area contributed by atoms with Gasteiger partial charge in [0.2, 0.25) is 5.91 Å². The molecule has 1 fully saturated rings. The molecule has 0 unspecified atom stereocenters. The molecule has 1 heterocycles. The average molecular weight is 407 g/mol. The molecular formula is C21H24ClFN2O3. The molecule has 0 saturated carbocycles. The van der Waals surface area contributed by atoms with Crippen molar-refractivity contribution in [1.29, 1.82) is 0 Å². The van der Waals surface area contributed by atoms with Crippen molar-refractivity contribution in [2.45, 2.75) is 32.0 Å². The number of nitrogens with zero attached hydrogens (tertiary/aromatic N) is 1. The van der Waals surface area contributed by atoms with Crippen molar-refractivity contribution in [3.8, 4) is 5.75 Å². The highest BCUT2D eigenvalue weighted by Gasteiger charge is 2.39. The Morgan fingerprint density at radius 3 is 2.93 bits per heavy atom. The van der Waals surface area contributed by atoms with Crippen LogP contribution in [0.3, 0.4) is 0 Å². The third-order valence-electron chi connectivity index (χ3n) is 4.89. The second-order valence-electron chi connectivity index (χ2n) is 7.44.